The molecule has 0 amide bonds. The normalized spacial score (nSPS) is 11.0. The topological polar surface area (TPSA) is 144 Å². The average molecular weight is 1400 g/mol. The number of halogens is 1. The number of pyridine rings is 4. The predicted molar refractivity (Wildman–Crippen MR) is 429 cm³/mol. The van der Waals surface area contributed by atoms with Crippen molar-refractivity contribution in [3.63, 3.8) is 0 Å². The summed E-state index contributed by atoms with van der Waals surface area (Å²) in [5, 5.41) is 29.2. The van der Waals surface area contributed by atoms with Gasteiger partial charge < -0.3 is 10.0 Å². The Morgan fingerprint density at radius 2 is 0.567 bits per heavy atom. The third-order valence-corrected chi connectivity index (χ3v) is 19.3. The second kappa shape index (κ2) is 30.0. The highest BCUT2D eigenvalue weighted by atomic mass is 79.9. The quantitative estimate of drug-likeness (QED) is 0.0896. The molecular formula is C92H62BBrN8O2. The van der Waals surface area contributed by atoms with Crippen molar-refractivity contribution in [2.75, 3.05) is 0 Å². The number of aromatic nitrogens is 8. The molecule has 0 saturated heterocycles. The number of benzene rings is 12. The smallest absolute Gasteiger partial charge is 0.423 e. The summed E-state index contributed by atoms with van der Waals surface area (Å²) in [5.74, 6) is 1.13. The highest BCUT2D eigenvalue weighted by Crippen LogP contribution is 2.45. The van der Waals surface area contributed by atoms with Crippen molar-refractivity contribution in [1.82, 2.24) is 39.9 Å². The molecule has 104 heavy (non-hydrogen) atoms. The number of hydrogen-bond acceptors (Lipinski definition) is 10. The van der Waals surface area contributed by atoms with Crippen molar-refractivity contribution < 1.29 is 10.0 Å². The van der Waals surface area contributed by atoms with Crippen molar-refractivity contribution in [2.45, 2.75) is 0 Å². The second-order valence-electron chi connectivity index (χ2n) is 25.0. The fourth-order valence-corrected chi connectivity index (χ4v) is 14.2. The van der Waals surface area contributed by atoms with Gasteiger partial charge in [0, 0.05) is 86.8 Å². The van der Waals surface area contributed by atoms with Crippen LogP contribution in [-0.4, -0.2) is 57.0 Å². The monoisotopic (exact) mass is 1400 g/mol. The molecule has 10 nitrogen and oxygen atoms in total. The van der Waals surface area contributed by atoms with Gasteiger partial charge in [0.15, 0.2) is 11.6 Å². The summed E-state index contributed by atoms with van der Waals surface area (Å²) in [6.07, 6.45) is 12.5. The first-order valence-electron chi connectivity index (χ1n) is 34.2. The van der Waals surface area contributed by atoms with Gasteiger partial charge in [-0.25, -0.2) is 19.9 Å². The van der Waals surface area contributed by atoms with E-state index in [2.05, 4.69) is 254 Å². The Morgan fingerprint density at radius 1 is 0.231 bits per heavy atom. The molecule has 0 fully saturated rings. The fourth-order valence-electron chi connectivity index (χ4n) is 13.5. The van der Waals surface area contributed by atoms with Gasteiger partial charge >= 0.3 is 7.12 Å². The van der Waals surface area contributed by atoms with Crippen molar-refractivity contribution in [3.05, 3.63) is 369 Å². The zero-order chi connectivity index (χ0) is 70.1. The molecule has 0 aliphatic carbocycles. The third-order valence-electron chi connectivity index (χ3n) is 18.4. The summed E-state index contributed by atoms with van der Waals surface area (Å²) in [7, 11) is -1.57. The van der Waals surface area contributed by atoms with Crippen LogP contribution in [0.25, 0.3) is 167 Å². The van der Waals surface area contributed by atoms with Crippen LogP contribution in [0.4, 0.5) is 0 Å². The van der Waals surface area contributed by atoms with E-state index < -0.39 is 7.12 Å². The molecule has 12 heteroatoms. The maximum Gasteiger partial charge on any atom is 0.488 e. The van der Waals surface area contributed by atoms with E-state index in [0.29, 0.717) is 22.7 Å². The largest absolute Gasteiger partial charge is 0.488 e. The lowest BCUT2D eigenvalue weighted by molar-refractivity contribution is 0.426. The van der Waals surface area contributed by atoms with Gasteiger partial charge in [-0.15, -0.1) is 0 Å². The van der Waals surface area contributed by atoms with E-state index in [9.17, 15) is 10.0 Å². The minimum absolute atomic E-state index is 0.378. The summed E-state index contributed by atoms with van der Waals surface area (Å²) >= 11 is 3.79. The van der Waals surface area contributed by atoms with Crippen LogP contribution >= 0.6 is 15.9 Å². The van der Waals surface area contributed by atoms with Crippen molar-refractivity contribution in [2.24, 2.45) is 0 Å². The Balaban J connectivity index is 0.000000132. The molecule has 0 radical (unpaired) electrons. The van der Waals surface area contributed by atoms with Crippen LogP contribution in [0.2, 0.25) is 0 Å². The van der Waals surface area contributed by atoms with Crippen LogP contribution in [0.5, 0.6) is 0 Å². The second-order valence-corrected chi connectivity index (χ2v) is 25.8. The highest BCUT2D eigenvalue weighted by Gasteiger charge is 2.21. The van der Waals surface area contributed by atoms with Crippen LogP contribution < -0.4 is 5.46 Å². The molecule has 12 aromatic carbocycles. The Bertz CT molecular complexity index is 5990. The summed E-state index contributed by atoms with van der Waals surface area (Å²) in [5.41, 5.74) is 20.2. The summed E-state index contributed by atoms with van der Waals surface area (Å²) in [6.45, 7) is 0. The molecule has 0 bridgehead atoms. The lowest BCUT2D eigenvalue weighted by atomic mass is 9.79. The SMILES string of the molecule is Brc1c2ccccc2c(-c2ccccc2)c2ccccc12.OB(O)c1cccc(-c2nc(-c3cccnc3)cc(-c3cccc(-c4cccnc4)c3)n2)c1.c1ccc(-c2c3ccccc3c(-c3cccc(-c4nc(-c5cccc(-c6cccnc6)c5)cc(-c5ccccn5)n4)c3)c3ccccc23)cc1. The van der Waals surface area contributed by atoms with Crippen LogP contribution in [0.15, 0.2) is 369 Å². The zero-order valence-corrected chi connectivity index (χ0v) is 57.7. The van der Waals surface area contributed by atoms with Gasteiger partial charge in [-0.2, -0.15) is 0 Å². The van der Waals surface area contributed by atoms with E-state index in [1.165, 1.54) is 75.4 Å². The predicted octanol–water partition coefficient (Wildman–Crippen LogP) is 21.6. The van der Waals surface area contributed by atoms with Gasteiger partial charge in [-0.3, -0.25) is 19.9 Å². The van der Waals surface area contributed by atoms with Crippen molar-refractivity contribution in [1.29, 1.82) is 0 Å². The molecule has 492 valence electrons. The molecule has 18 rings (SSSR count). The molecule has 0 saturated carbocycles. The summed E-state index contributed by atoms with van der Waals surface area (Å²) in [6, 6.07) is 110. The van der Waals surface area contributed by atoms with Gasteiger partial charge in [-0.1, -0.05) is 255 Å². The Morgan fingerprint density at radius 3 is 1.02 bits per heavy atom. The average Bonchev–Trinajstić information content (AvgIpc) is 0.739. The molecule has 0 aliphatic rings. The fraction of sp³-hybridized carbons (Fsp3) is 0. The van der Waals surface area contributed by atoms with Gasteiger partial charge in [0.25, 0.3) is 0 Å². The molecular weight excluding hydrogens is 1340 g/mol. The van der Waals surface area contributed by atoms with E-state index >= 15 is 0 Å². The Kier molecular flexibility index (Phi) is 18.9. The molecule has 0 atom stereocenters. The van der Waals surface area contributed by atoms with Crippen LogP contribution in [0, 0.1) is 0 Å². The lowest BCUT2D eigenvalue weighted by Gasteiger charge is -2.18. The van der Waals surface area contributed by atoms with Gasteiger partial charge in [-0.05, 0) is 176 Å². The minimum Gasteiger partial charge on any atom is -0.423 e. The minimum atomic E-state index is -1.57. The molecule has 0 aliphatic heterocycles. The number of rotatable bonds is 12. The zero-order valence-electron chi connectivity index (χ0n) is 56.1. The summed E-state index contributed by atoms with van der Waals surface area (Å²) < 4.78 is 1.17. The van der Waals surface area contributed by atoms with E-state index in [1.807, 2.05) is 97.3 Å². The maximum atomic E-state index is 9.60. The lowest BCUT2D eigenvalue weighted by Crippen LogP contribution is -2.29. The highest BCUT2D eigenvalue weighted by molar-refractivity contribution is 9.10. The standard InChI is InChI=1S/C46H30N4.C26H19BN4O2.C20H13Br/c1-2-13-31(14-3-1)44-37-20-4-6-22-39(37)45(40-23-7-5-21-38(40)44)34-17-11-18-35(28-34)46-49-42(29-43(50-46)41-24-8-9-26-48-41)33-16-10-15-32(27-33)36-19-12-25-47-30-36;32-27(33)23-10-2-7-20(14-23)26-30-24(15-25(31-26)22-9-4-12-29-17-22)19-6-1-5-18(13-19)21-8-3-11-28-16-21;21-20-17-12-6-4-10-15(17)19(14-8-2-1-3-9-14)16-11-5-7-13-18(16)20/h1-30H;1-17,32-33H;1-13H. The first-order valence-corrected chi connectivity index (χ1v) is 34.9. The van der Waals surface area contributed by atoms with E-state index in [-0.39, 0.29) is 0 Å². The van der Waals surface area contributed by atoms with Crippen LogP contribution in [0.3, 0.4) is 0 Å². The van der Waals surface area contributed by atoms with Crippen LogP contribution in [-0.2, 0) is 0 Å². The molecule has 18 aromatic rings. The van der Waals surface area contributed by atoms with Gasteiger partial charge in [0.2, 0.25) is 0 Å². The van der Waals surface area contributed by atoms with Crippen molar-refractivity contribution >= 4 is 71.6 Å². The molecule has 0 spiro atoms. The molecule has 6 aromatic heterocycles. The van der Waals surface area contributed by atoms with E-state index in [4.69, 9.17) is 19.9 Å². The van der Waals surface area contributed by atoms with Crippen LogP contribution in [0.1, 0.15) is 0 Å². The molecule has 6 heterocycles. The first kappa shape index (κ1) is 65.5. The molecule has 0 unspecified atom stereocenters. The Labute approximate surface area is 610 Å². The Hall–Kier alpha value is -13.1. The number of fused-ring (bicyclic) bond motifs is 4. The first-order chi connectivity index (χ1) is 51.3. The maximum absolute atomic E-state index is 9.60. The van der Waals surface area contributed by atoms with Gasteiger partial charge in [0.1, 0.15) is 0 Å². The number of nitrogens with zero attached hydrogens (tertiary/aromatic N) is 8. The summed E-state index contributed by atoms with van der Waals surface area (Å²) in [4.78, 5) is 37.3. The number of hydrogen-bond donors (Lipinski definition) is 2. The van der Waals surface area contributed by atoms with E-state index in [0.717, 1.165) is 78.5 Å². The van der Waals surface area contributed by atoms with E-state index in [1.54, 1.807) is 49.2 Å². The van der Waals surface area contributed by atoms with Crippen molar-refractivity contribution in [3.8, 4) is 124 Å². The van der Waals surface area contributed by atoms with Gasteiger partial charge in [0.05, 0.1) is 28.5 Å². The third kappa shape index (κ3) is 13.8. The molecule has 2 N–H and O–H groups in total.